The Balaban J connectivity index is 3.06. The number of halogens is 4. The molecule has 0 atom stereocenters. The van der Waals surface area contributed by atoms with Crippen molar-refractivity contribution in [3.63, 3.8) is 0 Å². The Bertz CT molecular complexity index is 354. The number of benzene rings is 1. The van der Waals surface area contributed by atoms with E-state index in [1.807, 2.05) is 0 Å². The van der Waals surface area contributed by atoms with Gasteiger partial charge in [-0.15, -0.1) is 8.78 Å². The summed E-state index contributed by atoms with van der Waals surface area (Å²) in [6.07, 6.45) is 0. The van der Waals surface area contributed by atoms with Gasteiger partial charge in [0.15, 0.2) is 0 Å². The van der Waals surface area contributed by atoms with Crippen molar-refractivity contribution in [1.29, 1.82) is 0 Å². The molecule has 0 bridgehead atoms. The van der Waals surface area contributed by atoms with Crippen LogP contribution in [0.15, 0.2) is 12.1 Å². The number of rotatable bonds is 2. The van der Waals surface area contributed by atoms with Gasteiger partial charge in [0, 0.05) is 11.6 Å². The van der Waals surface area contributed by atoms with Crippen LogP contribution in [0.5, 0.6) is 5.75 Å². The molecule has 0 fully saturated rings. The topological polar surface area (TPSA) is 61.3 Å². The average Bonchev–Trinajstić information content (AvgIpc) is 2.04. The summed E-state index contributed by atoms with van der Waals surface area (Å²) in [5, 5.41) is -0.190. The number of anilines is 2. The van der Waals surface area contributed by atoms with Crippen LogP contribution < -0.4 is 16.2 Å². The number of nitrogen functional groups attached to an aromatic ring is 2. The first-order valence-corrected chi connectivity index (χ1v) is 4.16. The van der Waals surface area contributed by atoms with Crippen LogP contribution in [0.1, 0.15) is 0 Å². The van der Waals surface area contributed by atoms with Gasteiger partial charge >= 0.3 is 5.57 Å². The van der Waals surface area contributed by atoms with Crippen LogP contribution in [0.2, 0.25) is 5.02 Å². The molecular formula is C7H6Cl2F2N2O. The lowest BCUT2D eigenvalue weighted by molar-refractivity contribution is -0.0963. The highest BCUT2D eigenvalue weighted by Crippen LogP contribution is 2.37. The number of ether oxygens (including phenoxy) is 1. The first kappa shape index (κ1) is 11.1. The van der Waals surface area contributed by atoms with Crippen molar-refractivity contribution in [2.24, 2.45) is 0 Å². The molecule has 0 saturated heterocycles. The molecule has 0 aliphatic carbocycles. The van der Waals surface area contributed by atoms with Crippen molar-refractivity contribution >= 4 is 34.6 Å². The highest BCUT2D eigenvalue weighted by atomic mass is 35.5. The summed E-state index contributed by atoms with van der Waals surface area (Å²) in [5.74, 6) is -0.321. The van der Waals surface area contributed by atoms with E-state index in [9.17, 15) is 8.78 Å². The molecule has 0 unspecified atom stereocenters. The molecule has 7 heteroatoms. The number of hydrogen-bond acceptors (Lipinski definition) is 3. The largest absolute Gasteiger partial charge is 0.487 e. The molecule has 3 nitrogen and oxygen atoms in total. The summed E-state index contributed by atoms with van der Waals surface area (Å²) >= 11 is 10.1. The third kappa shape index (κ3) is 2.52. The van der Waals surface area contributed by atoms with E-state index in [-0.39, 0.29) is 22.1 Å². The van der Waals surface area contributed by atoms with Crippen LogP contribution in [0.25, 0.3) is 0 Å². The minimum Gasteiger partial charge on any atom is -0.418 e. The second kappa shape index (κ2) is 3.67. The monoisotopic (exact) mass is 242 g/mol. The highest BCUT2D eigenvalue weighted by molar-refractivity contribution is 6.35. The summed E-state index contributed by atoms with van der Waals surface area (Å²) in [6.45, 7) is 0. The number of nitrogens with two attached hydrogens (primary N) is 2. The first-order chi connectivity index (χ1) is 6.31. The molecule has 0 aromatic heterocycles. The Kier molecular flexibility index (Phi) is 2.92. The van der Waals surface area contributed by atoms with Crippen molar-refractivity contribution < 1.29 is 13.5 Å². The van der Waals surface area contributed by atoms with Crippen molar-refractivity contribution in [1.82, 2.24) is 0 Å². The number of alkyl halides is 3. The molecule has 0 radical (unpaired) electrons. The molecule has 0 spiro atoms. The third-order valence-electron chi connectivity index (χ3n) is 1.40. The van der Waals surface area contributed by atoms with Crippen molar-refractivity contribution in [2.45, 2.75) is 5.57 Å². The molecule has 0 amide bonds. The van der Waals surface area contributed by atoms with Gasteiger partial charge in [-0.2, -0.15) is 0 Å². The van der Waals surface area contributed by atoms with E-state index in [0.717, 1.165) is 6.07 Å². The fourth-order valence-electron chi connectivity index (χ4n) is 0.791. The normalized spacial score (nSPS) is 11.4. The molecule has 4 N–H and O–H groups in total. The van der Waals surface area contributed by atoms with Gasteiger partial charge in [0.1, 0.15) is 10.8 Å². The van der Waals surface area contributed by atoms with Crippen LogP contribution in [0, 0.1) is 0 Å². The molecular weight excluding hydrogens is 237 g/mol. The third-order valence-corrected chi connectivity index (χ3v) is 1.87. The Labute approximate surface area is 88.5 Å². The molecule has 1 rings (SSSR count). The maximum absolute atomic E-state index is 12.2. The van der Waals surface area contributed by atoms with Crippen molar-refractivity contribution in [3.8, 4) is 5.75 Å². The van der Waals surface area contributed by atoms with Gasteiger partial charge in [0.2, 0.25) is 0 Å². The second-order valence-electron chi connectivity index (χ2n) is 2.43. The highest BCUT2D eigenvalue weighted by Gasteiger charge is 2.29. The van der Waals surface area contributed by atoms with E-state index in [2.05, 4.69) is 16.3 Å². The van der Waals surface area contributed by atoms with E-state index in [4.69, 9.17) is 23.1 Å². The summed E-state index contributed by atoms with van der Waals surface area (Å²) < 4.78 is 28.5. The summed E-state index contributed by atoms with van der Waals surface area (Å²) in [7, 11) is 0. The van der Waals surface area contributed by atoms with Gasteiger partial charge in [-0.3, -0.25) is 0 Å². The summed E-state index contributed by atoms with van der Waals surface area (Å²) in [6, 6.07) is 2.45. The standard InChI is InChI=1S/C7H6Cl2F2N2O/c8-5-4(14-7(9,10)11)2-1-3(12)6(5)13/h1-2H,12-13H2. The zero-order valence-corrected chi connectivity index (χ0v) is 8.24. The van der Waals surface area contributed by atoms with E-state index in [1.165, 1.54) is 6.07 Å². The zero-order valence-electron chi connectivity index (χ0n) is 6.73. The van der Waals surface area contributed by atoms with Gasteiger partial charge in [-0.1, -0.05) is 11.6 Å². The molecule has 1 aromatic rings. The molecule has 1 aromatic carbocycles. The SMILES string of the molecule is Nc1ccc(OC(F)(F)Cl)c(Cl)c1N. The molecule has 78 valence electrons. The smallest absolute Gasteiger partial charge is 0.418 e. The van der Waals surface area contributed by atoms with Crippen LogP contribution in [-0.4, -0.2) is 5.57 Å². The molecule has 0 saturated carbocycles. The Morgan fingerprint density at radius 3 is 2.36 bits per heavy atom. The summed E-state index contributed by atoms with van der Waals surface area (Å²) in [4.78, 5) is 0. The predicted molar refractivity (Wildman–Crippen MR) is 51.7 cm³/mol. The first-order valence-electron chi connectivity index (χ1n) is 3.40. The Hall–Kier alpha value is -0.940. The van der Waals surface area contributed by atoms with Crippen molar-refractivity contribution in [2.75, 3.05) is 11.5 Å². The predicted octanol–water partition coefficient (Wildman–Crippen LogP) is 2.67. The van der Waals surface area contributed by atoms with Crippen LogP contribution in [0.4, 0.5) is 20.2 Å². The van der Waals surface area contributed by atoms with E-state index < -0.39 is 5.57 Å². The van der Waals surface area contributed by atoms with E-state index >= 15 is 0 Å². The minimum absolute atomic E-state index is 0.0231. The fourth-order valence-corrected chi connectivity index (χ4v) is 1.09. The lowest BCUT2D eigenvalue weighted by Crippen LogP contribution is -2.16. The Morgan fingerprint density at radius 2 is 1.86 bits per heavy atom. The molecule has 0 heterocycles. The van der Waals surface area contributed by atoms with Crippen LogP contribution in [-0.2, 0) is 0 Å². The second-order valence-corrected chi connectivity index (χ2v) is 3.25. The van der Waals surface area contributed by atoms with Crippen LogP contribution in [0.3, 0.4) is 0 Å². The minimum atomic E-state index is -3.83. The lowest BCUT2D eigenvalue weighted by atomic mass is 10.2. The lowest BCUT2D eigenvalue weighted by Gasteiger charge is -2.13. The zero-order chi connectivity index (χ0) is 10.9. The summed E-state index contributed by atoms with van der Waals surface area (Å²) in [5.41, 5.74) is 7.07. The van der Waals surface area contributed by atoms with Crippen LogP contribution >= 0.6 is 23.2 Å². The van der Waals surface area contributed by atoms with Gasteiger partial charge in [-0.05, 0) is 12.1 Å². The molecule has 0 aliphatic rings. The molecule has 0 aliphatic heterocycles. The maximum atomic E-state index is 12.2. The number of hydrogen-bond donors (Lipinski definition) is 2. The maximum Gasteiger partial charge on any atom is 0.487 e. The quantitative estimate of drug-likeness (QED) is 0.620. The van der Waals surface area contributed by atoms with E-state index in [0.29, 0.717) is 0 Å². The van der Waals surface area contributed by atoms with E-state index in [1.54, 1.807) is 0 Å². The average molecular weight is 243 g/mol. The van der Waals surface area contributed by atoms with Gasteiger partial charge in [0.05, 0.1) is 11.4 Å². The fraction of sp³-hybridized carbons (Fsp3) is 0.143. The van der Waals surface area contributed by atoms with Gasteiger partial charge < -0.3 is 16.2 Å². The van der Waals surface area contributed by atoms with Gasteiger partial charge in [0.25, 0.3) is 0 Å². The van der Waals surface area contributed by atoms with Gasteiger partial charge in [-0.25, -0.2) is 0 Å². The molecule has 14 heavy (non-hydrogen) atoms. The van der Waals surface area contributed by atoms with Crippen molar-refractivity contribution in [3.05, 3.63) is 17.2 Å². The Morgan fingerprint density at radius 1 is 1.29 bits per heavy atom.